The van der Waals surface area contributed by atoms with Gasteiger partial charge in [0.2, 0.25) is 5.89 Å². The Kier molecular flexibility index (Phi) is 1.82. The number of hydrogen-bond donors (Lipinski definition) is 0. The van der Waals surface area contributed by atoms with Crippen LogP contribution in [-0.2, 0) is 4.74 Å². The Morgan fingerprint density at radius 3 is 2.71 bits per heavy atom. The normalized spacial score (nSPS) is 36.9. The fourth-order valence-corrected chi connectivity index (χ4v) is 2.24. The van der Waals surface area contributed by atoms with Gasteiger partial charge in [-0.15, -0.1) is 11.6 Å². The largest absolute Gasteiger partial charge is 0.381 e. The second-order valence-corrected chi connectivity index (χ2v) is 4.65. The molecule has 0 spiro atoms. The molecule has 1 saturated carbocycles. The third-order valence-electron chi connectivity index (χ3n) is 3.05. The first-order chi connectivity index (χ1) is 6.77. The fourth-order valence-electron chi connectivity index (χ4n) is 2.15. The smallest absolute Gasteiger partial charge is 0.230 e. The monoisotopic (exact) mass is 214 g/mol. The van der Waals surface area contributed by atoms with E-state index < -0.39 is 0 Å². The van der Waals surface area contributed by atoms with Crippen molar-refractivity contribution in [3.63, 3.8) is 0 Å². The Bertz CT molecular complexity index is 342. The molecule has 2 fully saturated rings. The number of halogens is 1. The molecule has 0 aromatic carbocycles. The van der Waals surface area contributed by atoms with Crippen molar-refractivity contribution in [1.29, 1.82) is 0 Å². The van der Waals surface area contributed by atoms with E-state index in [9.17, 15) is 0 Å². The van der Waals surface area contributed by atoms with E-state index in [4.69, 9.17) is 20.9 Å². The lowest BCUT2D eigenvalue weighted by Crippen LogP contribution is -1.97. The first kappa shape index (κ1) is 8.68. The highest BCUT2D eigenvalue weighted by Crippen LogP contribution is 2.56. The molecule has 2 aliphatic rings. The van der Waals surface area contributed by atoms with Crippen LogP contribution in [0.2, 0.25) is 0 Å². The van der Waals surface area contributed by atoms with E-state index in [1.165, 1.54) is 0 Å². The van der Waals surface area contributed by atoms with Crippen LogP contribution in [0.1, 0.15) is 29.9 Å². The Morgan fingerprint density at radius 2 is 2.14 bits per heavy atom. The molecule has 1 aromatic heterocycles. The average Bonchev–Trinajstić information content (AvgIpc) is 2.63. The molecule has 76 valence electrons. The second-order valence-electron chi connectivity index (χ2n) is 4.00. The molecule has 2 heterocycles. The van der Waals surface area contributed by atoms with E-state index in [0.29, 0.717) is 23.6 Å². The summed E-state index contributed by atoms with van der Waals surface area (Å²) in [6.45, 7) is 3.51. The highest BCUT2D eigenvalue weighted by atomic mass is 35.5. The maximum absolute atomic E-state index is 5.85. The molecular weight excluding hydrogens is 204 g/mol. The molecule has 0 N–H and O–H groups in total. The lowest BCUT2D eigenvalue weighted by molar-refractivity contribution is 0.155. The highest BCUT2D eigenvalue weighted by molar-refractivity contribution is 6.20. The number of aromatic nitrogens is 2. The zero-order valence-corrected chi connectivity index (χ0v) is 8.57. The van der Waals surface area contributed by atoms with Gasteiger partial charge in [0.25, 0.3) is 0 Å². The molecular formula is C9H11ClN2O2. The van der Waals surface area contributed by atoms with Gasteiger partial charge in [-0.2, -0.15) is 4.98 Å². The first-order valence-corrected chi connectivity index (χ1v) is 5.26. The van der Waals surface area contributed by atoms with Crippen LogP contribution in [0.3, 0.4) is 0 Å². The average molecular weight is 215 g/mol. The van der Waals surface area contributed by atoms with E-state index in [0.717, 1.165) is 19.1 Å². The van der Waals surface area contributed by atoms with Gasteiger partial charge in [-0.25, -0.2) is 0 Å². The predicted molar refractivity (Wildman–Crippen MR) is 49.1 cm³/mol. The minimum Gasteiger partial charge on any atom is -0.381 e. The van der Waals surface area contributed by atoms with Crippen molar-refractivity contribution < 1.29 is 9.26 Å². The summed E-state index contributed by atoms with van der Waals surface area (Å²) in [5, 5.41) is 3.67. The first-order valence-electron chi connectivity index (χ1n) is 4.82. The topological polar surface area (TPSA) is 48.2 Å². The van der Waals surface area contributed by atoms with Gasteiger partial charge in [0.15, 0.2) is 5.82 Å². The molecule has 3 atom stereocenters. The van der Waals surface area contributed by atoms with Crippen LogP contribution in [0.25, 0.3) is 0 Å². The van der Waals surface area contributed by atoms with Gasteiger partial charge in [-0.1, -0.05) is 5.16 Å². The fraction of sp³-hybridized carbons (Fsp3) is 0.778. The molecule has 3 rings (SSSR count). The Morgan fingerprint density at radius 1 is 1.43 bits per heavy atom. The van der Waals surface area contributed by atoms with Crippen LogP contribution in [0.4, 0.5) is 0 Å². The Labute approximate surface area is 86.6 Å². The summed E-state index contributed by atoms with van der Waals surface area (Å²) >= 11 is 5.85. The number of nitrogens with zero attached hydrogens (tertiary/aromatic N) is 2. The van der Waals surface area contributed by atoms with Gasteiger partial charge >= 0.3 is 0 Å². The van der Waals surface area contributed by atoms with Gasteiger partial charge in [-0.3, -0.25) is 0 Å². The Balaban J connectivity index is 1.78. The molecule has 1 saturated heterocycles. The van der Waals surface area contributed by atoms with Crippen LogP contribution >= 0.6 is 11.6 Å². The summed E-state index contributed by atoms with van der Waals surface area (Å²) in [4.78, 5) is 4.29. The van der Waals surface area contributed by atoms with Crippen LogP contribution in [0.5, 0.6) is 0 Å². The maximum Gasteiger partial charge on any atom is 0.230 e. The molecule has 1 aliphatic heterocycles. The maximum atomic E-state index is 5.85. The van der Waals surface area contributed by atoms with Crippen molar-refractivity contribution in [2.24, 2.45) is 11.8 Å². The predicted octanol–water partition coefficient (Wildman–Crippen LogP) is 1.73. The Hall–Kier alpha value is -0.610. The van der Waals surface area contributed by atoms with E-state index >= 15 is 0 Å². The van der Waals surface area contributed by atoms with Gasteiger partial charge in [0, 0.05) is 5.92 Å². The molecule has 0 radical (unpaired) electrons. The number of hydrogen-bond acceptors (Lipinski definition) is 4. The van der Waals surface area contributed by atoms with Crippen molar-refractivity contribution >= 4 is 11.6 Å². The molecule has 1 aromatic rings. The zero-order chi connectivity index (χ0) is 9.71. The van der Waals surface area contributed by atoms with Crippen molar-refractivity contribution in [1.82, 2.24) is 10.1 Å². The summed E-state index contributed by atoms with van der Waals surface area (Å²) in [7, 11) is 0. The standard InChI is InChI=1S/C9H11ClN2O2/c1-4(10)8-11-9(14-12-8)7-5-2-13-3-6(5)7/h4-7H,2-3H2,1H3. The van der Waals surface area contributed by atoms with Gasteiger partial charge in [0.05, 0.1) is 18.6 Å². The van der Waals surface area contributed by atoms with E-state index in [-0.39, 0.29) is 5.38 Å². The molecule has 14 heavy (non-hydrogen) atoms. The van der Waals surface area contributed by atoms with Crippen molar-refractivity contribution in [3.8, 4) is 0 Å². The number of alkyl halides is 1. The lowest BCUT2D eigenvalue weighted by Gasteiger charge is -1.97. The van der Waals surface area contributed by atoms with Gasteiger partial charge in [0.1, 0.15) is 0 Å². The molecule has 0 amide bonds. The van der Waals surface area contributed by atoms with Crippen LogP contribution in [-0.4, -0.2) is 23.4 Å². The van der Waals surface area contributed by atoms with E-state index in [1.807, 2.05) is 6.92 Å². The summed E-state index contributed by atoms with van der Waals surface area (Å²) < 4.78 is 10.5. The molecule has 1 aliphatic carbocycles. The molecule has 5 heteroatoms. The lowest BCUT2D eigenvalue weighted by atomic mass is 10.3. The number of fused-ring (bicyclic) bond motifs is 1. The van der Waals surface area contributed by atoms with Crippen molar-refractivity contribution in [2.45, 2.75) is 18.2 Å². The van der Waals surface area contributed by atoms with Crippen LogP contribution in [0, 0.1) is 11.8 Å². The molecule has 4 nitrogen and oxygen atoms in total. The van der Waals surface area contributed by atoms with Gasteiger partial charge < -0.3 is 9.26 Å². The summed E-state index contributed by atoms with van der Waals surface area (Å²) in [6.07, 6.45) is 0. The second kappa shape index (κ2) is 2.94. The molecule has 0 bridgehead atoms. The van der Waals surface area contributed by atoms with E-state index in [2.05, 4.69) is 10.1 Å². The third kappa shape index (κ3) is 1.17. The summed E-state index contributed by atoms with van der Waals surface area (Å²) in [5.41, 5.74) is 0. The van der Waals surface area contributed by atoms with Crippen molar-refractivity contribution in [3.05, 3.63) is 11.7 Å². The van der Waals surface area contributed by atoms with Gasteiger partial charge in [-0.05, 0) is 18.8 Å². The highest BCUT2D eigenvalue weighted by Gasteiger charge is 2.57. The zero-order valence-electron chi connectivity index (χ0n) is 7.81. The van der Waals surface area contributed by atoms with Crippen LogP contribution < -0.4 is 0 Å². The van der Waals surface area contributed by atoms with E-state index in [1.54, 1.807) is 0 Å². The number of rotatable bonds is 2. The number of ether oxygens (including phenoxy) is 1. The van der Waals surface area contributed by atoms with Crippen LogP contribution in [0.15, 0.2) is 4.52 Å². The minimum atomic E-state index is -0.178. The third-order valence-corrected chi connectivity index (χ3v) is 3.25. The van der Waals surface area contributed by atoms with Crippen molar-refractivity contribution in [2.75, 3.05) is 13.2 Å². The SMILES string of the molecule is CC(Cl)c1noc(C2C3COCC32)n1. The molecule has 3 unspecified atom stereocenters. The summed E-state index contributed by atoms with van der Waals surface area (Å²) in [5.74, 6) is 2.97. The minimum absolute atomic E-state index is 0.178. The quantitative estimate of drug-likeness (QED) is 0.704. The summed E-state index contributed by atoms with van der Waals surface area (Å²) in [6, 6.07) is 0.